The molecule has 1 aliphatic rings. The molecule has 2 atom stereocenters. The van der Waals surface area contributed by atoms with E-state index in [0.29, 0.717) is 5.92 Å². The summed E-state index contributed by atoms with van der Waals surface area (Å²) in [5.74, 6) is 0.332. The average Bonchev–Trinajstić information content (AvgIpc) is 1.83. The molecule has 0 aromatic carbocycles. The van der Waals surface area contributed by atoms with Crippen LogP contribution in [-0.4, -0.2) is 11.2 Å². The number of aliphatic hydroxyl groups excluding tert-OH is 1. The van der Waals surface area contributed by atoms with Gasteiger partial charge >= 0.3 is 0 Å². The predicted octanol–water partition coefficient (Wildman–Crippen LogP) is 1.72. The van der Waals surface area contributed by atoms with Crippen LogP contribution in [-0.2, 0) is 0 Å². The molecule has 1 saturated carbocycles. The zero-order valence-corrected chi connectivity index (χ0v) is 5.93. The Morgan fingerprint density at radius 3 is 2.78 bits per heavy atom. The quantitative estimate of drug-likeness (QED) is 0.490. The Bertz CT molecular complexity index is 118. The summed E-state index contributed by atoms with van der Waals surface area (Å²) < 4.78 is 0. The highest BCUT2D eigenvalue weighted by Gasteiger charge is 2.20. The van der Waals surface area contributed by atoms with E-state index in [1.165, 1.54) is 5.57 Å². The van der Waals surface area contributed by atoms with Crippen LogP contribution >= 0.6 is 0 Å². The van der Waals surface area contributed by atoms with Gasteiger partial charge in [0, 0.05) is 5.92 Å². The van der Waals surface area contributed by atoms with Crippen LogP contribution in [0.1, 0.15) is 26.2 Å². The van der Waals surface area contributed by atoms with Crippen molar-refractivity contribution in [1.82, 2.24) is 0 Å². The van der Waals surface area contributed by atoms with Gasteiger partial charge in [-0.05, 0) is 19.3 Å². The molecule has 1 nitrogen and oxygen atoms in total. The lowest BCUT2D eigenvalue weighted by Crippen LogP contribution is -2.23. The molecule has 52 valence electrons. The van der Waals surface area contributed by atoms with Gasteiger partial charge in [-0.2, -0.15) is 0 Å². The highest BCUT2D eigenvalue weighted by atomic mass is 16.3. The fraction of sp³-hybridized carbons (Fsp3) is 0.750. The van der Waals surface area contributed by atoms with E-state index >= 15 is 0 Å². The minimum atomic E-state index is -0.119. The lowest BCUT2D eigenvalue weighted by Gasteiger charge is -2.26. The summed E-state index contributed by atoms with van der Waals surface area (Å²) in [6, 6.07) is 0. The van der Waals surface area contributed by atoms with E-state index in [4.69, 9.17) is 0 Å². The summed E-state index contributed by atoms with van der Waals surface area (Å²) in [6.07, 6.45) is 3.06. The molecule has 0 radical (unpaired) electrons. The summed E-state index contributed by atoms with van der Waals surface area (Å²) in [4.78, 5) is 0. The smallest absolute Gasteiger partial charge is 0.0602 e. The second-order valence-electron chi connectivity index (χ2n) is 2.91. The maximum absolute atomic E-state index is 9.29. The first kappa shape index (κ1) is 6.81. The second-order valence-corrected chi connectivity index (χ2v) is 2.91. The molecule has 0 amide bonds. The molecule has 0 bridgehead atoms. The van der Waals surface area contributed by atoms with Gasteiger partial charge in [-0.3, -0.25) is 0 Å². The molecule has 0 aliphatic heterocycles. The summed E-state index contributed by atoms with van der Waals surface area (Å²) in [6.45, 7) is 5.93. The SMILES string of the molecule is C=C1CCCC(O)C1C. The number of hydrogen-bond acceptors (Lipinski definition) is 1. The topological polar surface area (TPSA) is 20.2 Å². The highest BCUT2D eigenvalue weighted by Crippen LogP contribution is 2.27. The molecule has 0 heterocycles. The number of hydrogen-bond donors (Lipinski definition) is 1. The van der Waals surface area contributed by atoms with Crippen LogP contribution in [0.3, 0.4) is 0 Å². The molecular formula is C8H14O. The van der Waals surface area contributed by atoms with Crippen LogP contribution in [0, 0.1) is 5.92 Å². The minimum Gasteiger partial charge on any atom is -0.393 e. The van der Waals surface area contributed by atoms with Crippen molar-refractivity contribution in [2.24, 2.45) is 5.92 Å². The van der Waals surface area contributed by atoms with Crippen LogP contribution < -0.4 is 0 Å². The lowest BCUT2D eigenvalue weighted by atomic mass is 9.84. The van der Waals surface area contributed by atoms with Crippen LogP contribution in [0.25, 0.3) is 0 Å². The van der Waals surface area contributed by atoms with Gasteiger partial charge in [0.15, 0.2) is 0 Å². The van der Waals surface area contributed by atoms with Gasteiger partial charge in [-0.15, -0.1) is 0 Å². The third-order valence-electron chi connectivity index (χ3n) is 2.22. The molecule has 0 spiro atoms. The monoisotopic (exact) mass is 126 g/mol. The minimum absolute atomic E-state index is 0.119. The first-order valence-corrected chi connectivity index (χ1v) is 3.57. The standard InChI is InChI=1S/C8H14O/c1-6-4-3-5-8(9)7(6)2/h7-9H,1,3-5H2,2H3. The summed E-state index contributed by atoms with van der Waals surface area (Å²) in [5, 5.41) is 9.29. The van der Waals surface area contributed by atoms with E-state index < -0.39 is 0 Å². The Balaban J connectivity index is 2.51. The van der Waals surface area contributed by atoms with Crippen molar-refractivity contribution >= 4 is 0 Å². The highest BCUT2D eigenvalue weighted by molar-refractivity contribution is 5.04. The number of aliphatic hydroxyl groups is 1. The third kappa shape index (κ3) is 1.33. The van der Waals surface area contributed by atoms with Crippen molar-refractivity contribution in [2.45, 2.75) is 32.3 Å². The van der Waals surface area contributed by atoms with Gasteiger partial charge < -0.3 is 5.11 Å². The predicted molar refractivity (Wildman–Crippen MR) is 38.2 cm³/mol. The van der Waals surface area contributed by atoms with E-state index in [0.717, 1.165) is 19.3 Å². The molecule has 2 unspecified atom stereocenters. The van der Waals surface area contributed by atoms with Crippen molar-refractivity contribution < 1.29 is 5.11 Å². The van der Waals surface area contributed by atoms with Crippen molar-refractivity contribution in [3.05, 3.63) is 12.2 Å². The maximum atomic E-state index is 9.29. The molecule has 1 rings (SSSR count). The average molecular weight is 126 g/mol. The van der Waals surface area contributed by atoms with Gasteiger partial charge in [0.2, 0.25) is 0 Å². The lowest BCUT2D eigenvalue weighted by molar-refractivity contribution is 0.106. The van der Waals surface area contributed by atoms with Crippen molar-refractivity contribution in [2.75, 3.05) is 0 Å². The third-order valence-corrected chi connectivity index (χ3v) is 2.22. The summed E-state index contributed by atoms with van der Waals surface area (Å²) in [7, 11) is 0. The van der Waals surface area contributed by atoms with E-state index in [9.17, 15) is 5.11 Å². The fourth-order valence-electron chi connectivity index (χ4n) is 1.29. The van der Waals surface area contributed by atoms with E-state index in [1.54, 1.807) is 0 Å². The van der Waals surface area contributed by atoms with E-state index in [1.807, 2.05) is 6.92 Å². The Morgan fingerprint density at radius 2 is 2.33 bits per heavy atom. The molecule has 0 saturated heterocycles. The molecule has 0 aromatic rings. The Hall–Kier alpha value is -0.300. The van der Waals surface area contributed by atoms with Gasteiger partial charge in [-0.25, -0.2) is 0 Å². The van der Waals surface area contributed by atoms with E-state index in [-0.39, 0.29) is 6.10 Å². The first-order chi connectivity index (χ1) is 4.22. The van der Waals surface area contributed by atoms with Gasteiger partial charge in [-0.1, -0.05) is 19.1 Å². The van der Waals surface area contributed by atoms with Gasteiger partial charge in [0.1, 0.15) is 0 Å². The fourth-order valence-corrected chi connectivity index (χ4v) is 1.29. The van der Waals surface area contributed by atoms with Crippen LogP contribution in [0.5, 0.6) is 0 Å². The van der Waals surface area contributed by atoms with Crippen LogP contribution in [0.15, 0.2) is 12.2 Å². The molecule has 1 fully saturated rings. The molecule has 1 aliphatic carbocycles. The zero-order chi connectivity index (χ0) is 6.85. The first-order valence-electron chi connectivity index (χ1n) is 3.57. The Morgan fingerprint density at radius 1 is 1.67 bits per heavy atom. The zero-order valence-electron chi connectivity index (χ0n) is 5.93. The van der Waals surface area contributed by atoms with Crippen LogP contribution in [0.4, 0.5) is 0 Å². The summed E-state index contributed by atoms with van der Waals surface area (Å²) >= 11 is 0. The molecular weight excluding hydrogens is 112 g/mol. The molecule has 1 heteroatoms. The van der Waals surface area contributed by atoms with Crippen LogP contribution in [0.2, 0.25) is 0 Å². The summed E-state index contributed by atoms with van der Waals surface area (Å²) in [5.41, 5.74) is 1.22. The van der Waals surface area contributed by atoms with Gasteiger partial charge in [0.25, 0.3) is 0 Å². The normalized spacial score (nSPS) is 36.9. The number of rotatable bonds is 0. The van der Waals surface area contributed by atoms with Gasteiger partial charge in [0.05, 0.1) is 6.10 Å². The van der Waals surface area contributed by atoms with Crippen molar-refractivity contribution in [3.8, 4) is 0 Å². The Labute approximate surface area is 56.4 Å². The molecule has 9 heavy (non-hydrogen) atoms. The van der Waals surface area contributed by atoms with Crippen molar-refractivity contribution in [3.63, 3.8) is 0 Å². The Kier molecular flexibility index (Phi) is 1.91. The second kappa shape index (κ2) is 2.53. The molecule has 0 aromatic heterocycles. The maximum Gasteiger partial charge on any atom is 0.0602 e. The van der Waals surface area contributed by atoms with E-state index in [2.05, 4.69) is 6.58 Å². The molecule has 1 N–H and O–H groups in total. The van der Waals surface area contributed by atoms with Crippen molar-refractivity contribution in [1.29, 1.82) is 0 Å². The largest absolute Gasteiger partial charge is 0.393 e.